The summed E-state index contributed by atoms with van der Waals surface area (Å²) in [6.07, 6.45) is 0.737. The Morgan fingerprint density at radius 2 is 1.95 bits per heavy atom. The molecule has 2 rings (SSSR count). The van der Waals surface area contributed by atoms with Crippen molar-refractivity contribution in [3.63, 3.8) is 0 Å². The van der Waals surface area contributed by atoms with E-state index in [0.29, 0.717) is 6.61 Å². The van der Waals surface area contributed by atoms with Gasteiger partial charge in [0.15, 0.2) is 0 Å². The van der Waals surface area contributed by atoms with Gasteiger partial charge in [-0.1, -0.05) is 30.3 Å². The van der Waals surface area contributed by atoms with Gasteiger partial charge in [0.25, 0.3) is 0 Å². The zero-order valence-corrected chi connectivity index (χ0v) is 11.6. The predicted octanol–water partition coefficient (Wildman–Crippen LogP) is 2.13. The maximum atomic E-state index is 12.0. The second-order valence-electron chi connectivity index (χ2n) is 5.20. The summed E-state index contributed by atoms with van der Waals surface area (Å²) in [5, 5.41) is 0. The third kappa shape index (κ3) is 2.26. The molecule has 1 aliphatic rings. The molecule has 0 bridgehead atoms. The highest BCUT2D eigenvalue weighted by Crippen LogP contribution is 2.65. The molecule has 1 aromatic carbocycles. The number of ether oxygens (including phenoxy) is 3. The molecule has 0 aromatic heterocycles. The first kappa shape index (κ1) is 14.0. The first-order valence-corrected chi connectivity index (χ1v) is 6.31. The van der Waals surface area contributed by atoms with E-state index in [-0.39, 0.29) is 18.2 Å². The summed E-state index contributed by atoms with van der Waals surface area (Å²) in [6.45, 7) is 2.62. The number of benzene rings is 1. The largest absolute Gasteiger partial charge is 0.469 e. The number of rotatable bonds is 6. The van der Waals surface area contributed by atoms with Crippen LogP contribution in [0.25, 0.3) is 0 Å². The summed E-state index contributed by atoms with van der Waals surface area (Å²) >= 11 is 0. The van der Waals surface area contributed by atoms with E-state index in [2.05, 4.69) is 0 Å². The summed E-state index contributed by atoms with van der Waals surface area (Å²) in [7, 11) is 3.01. The van der Waals surface area contributed by atoms with Crippen LogP contribution < -0.4 is 0 Å². The average molecular weight is 264 g/mol. The lowest BCUT2D eigenvalue weighted by atomic mass is 9.87. The van der Waals surface area contributed by atoms with Crippen LogP contribution in [0.1, 0.15) is 18.9 Å². The molecule has 4 nitrogen and oxygen atoms in total. The van der Waals surface area contributed by atoms with Crippen molar-refractivity contribution in [2.75, 3.05) is 27.6 Å². The van der Waals surface area contributed by atoms with Crippen LogP contribution in [0.4, 0.5) is 0 Å². The van der Waals surface area contributed by atoms with E-state index in [1.807, 2.05) is 37.3 Å². The van der Waals surface area contributed by atoms with Gasteiger partial charge in [-0.15, -0.1) is 0 Å². The molecule has 0 saturated heterocycles. The highest BCUT2D eigenvalue weighted by molar-refractivity contribution is 5.83. The molecular formula is C15H20O4. The number of carbonyl (C=O) groups is 1. The Morgan fingerprint density at radius 3 is 2.53 bits per heavy atom. The Kier molecular flexibility index (Phi) is 3.92. The fraction of sp³-hybridized carbons (Fsp3) is 0.533. The summed E-state index contributed by atoms with van der Waals surface area (Å²) in [6, 6.07) is 9.98. The van der Waals surface area contributed by atoms with E-state index in [1.54, 1.807) is 7.11 Å². The standard InChI is InChI=1S/C15H20O4/c1-14(13(16)18-3)9-15(14,10-19-11-17-2)12-7-5-4-6-8-12/h4-8H,9-11H2,1-3H3/t14?,15-/m1/s1. The van der Waals surface area contributed by atoms with Crippen molar-refractivity contribution < 1.29 is 19.0 Å². The minimum atomic E-state index is -0.517. The monoisotopic (exact) mass is 264 g/mol. The van der Waals surface area contributed by atoms with Crippen LogP contribution in [0, 0.1) is 5.41 Å². The number of methoxy groups -OCH3 is 2. The minimum absolute atomic E-state index is 0.183. The summed E-state index contributed by atoms with van der Waals surface area (Å²) in [5.74, 6) is -0.183. The molecule has 0 N–H and O–H groups in total. The molecule has 4 heteroatoms. The van der Waals surface area contributed by atoms with E-state index in [1.165, 1.54) is 7.11 Å². The fourth-order valence-corrected chi connectivity index (χ4v) is 2.82. The zero-order chi connectivity index (χ0) is 13.9. The van der Waals surface area contributed by atoms with E-state index in [9.17, 15) is 4.79 Å². The van der Waals surface area contributed by atoms with Crippen LogP contribution in [0.15, 0.2) is 30.3 Å². The van der Waals surface area contributed by atoms with E-state index >= 15 is 0 Å². The maximum Gasteiger partial charge on any atom is 0.312 e. The quantitative estimate of drug-likeness (QED) is 0.448. The average Bonchev–Trinajstić information content (AvgIpc) is 3.07. The molecule has 0 radical (unpaired) electrons. The predicted molar refractivity (Wildman–Crippen MR) is 70.7 cm³/mol. The lowest BCUT2D eigenvalue weighted by Gasteiger charge is -2.22. The van der Waals surface area contributed by atoms with Gasteiger partial charge in [-0.3, -0.25) is 4.79 Å². The maximum absolute atomic E-state index is 12.0. The van der Waals surface area contributed by atoms with Crippen LogP contribution in [0.3, 0.4) is 0 Å². The number of esters is 1. The highest BCUT2D eigenvalue weighted by Gasteiger charge is 2.70. The van der Waals surface area contributed by atoms with Gasteiger partial charge in [0.2, 0.25) is 0 Å². The Bertz CT molecular complexity index is 445. The van der Waals surface area contributed by atoms with Crippen molar-refractivity contribution >= 4 is 5.97 Å². The Morgan fingerprint density at radius 1 is 1.26 bits per heavy atom. The number of carbonyl (C=O) groups excluding carboxylic acids is 1. The lowest BCUT2D eigenvalue weighted by molar-refractivity contribution is -0.148. The lowest BCUT2D eigenvalue weighted by Crippen LogP contribution is -2.29. The van der Waals surface area contributed by atoms with Crippen molar-refractivity contribution in [2.45, 2.75) is 18.8 Å². The third-order valence-electron chi connectivity index (χ3n) is 4.10. The van der Waals surface area contributed by atoms with Gasteiger partial charge in [0, 0.05) is 12.5 Å². The van der Waals surface area contributed by atoms with Gasteiger partial charge in [-0.05, 0) is 18.9 Å². The van der Waals surface area contributed by atoms with Gasteiger partial charge in [0.05, 0.1) is 19.1 Å². The van der Waals surface area contributed by atoms with Crippen LogP contribution >= 0.6 is 0 Å². The molecule has 1 fully saturated rings. The molecule has 0 heterocycles. The molecule has 2 atom stereocenters. The second kappa shape index (κ2) is 5.31. The fourth-order valence-electron chi connectivity index (χ4n) is 2.82. The number of hydrogen-bond donors (Lipinski definition) is 0. The molecule has 1 saturated carbocycles. The first-order valence-electron chi connectivity index (χ1n) is 6.31. The summed E-state index contributed by atoms with van der Waals surface area (Å²) in [4.78, 5) is 12.0. The van der Waals surface area contributed by atoms with E-state index < -0.39 is 5.41 Å². The van der Waals surface area contributed by atoms with Crippen LogP contribution in [0.5, 0.6) is 0 Å². The molecule has 0 aliphatic heterocycles. The van der Waals surface area contributed by atoms with Crippen LogP contribution in [-0.2, 0) is 24.4 Å². The zero-order valence-electron chi connectivity index (χ0n) is 11.6. The van der Waals surface area contributed by atoms with Gasteiger partial charge in [0.1, 0.15) is 6.79 Å². The van der Waals surface area contributed by atoms with Gasteiger partial charge in [-0.25, -0.2) is 0 Å². The first-order chi connectivity index (χ1) is 9.10. The van der Waals surface area contributed by atoms with E-state index in [4.69, 9.17) is 14.2 Å². The molecule has 1 unspecified atom stereocenters. The van der Waals surface area contributed by atoms with Gasteiger partial charge >= 0.3 is 5.97 Å². The topological polar surface area (TPSA) is 44.8 Å². The Balaban J connectivity index is 2.25. The minimum Gasteiger partial charge on any atom is -0.469 e. The molecule has 104 valence electrons. The molecule has 0 spiro atoms. The highest BCUT2D eigenvalue weighted by atomic mass is 16.7. The van der Waals surface area contributed by atoms with Crippen molar-refractivity contribution in [1.82, 2.24) is 0 Å². The molecule has 19 heavy (non-hydrogen) atoms. The Labute approximate surface area is 113 Å². The third-order valence-corrected chi connectivity index (χ3v) is 4.10. The molecule has 1 aliphatic carbocycles. The van der Waals surface area contributed by atoms with Crippen LogP contribution in [-0.4, -0.2) is 33.6 Å². The van der Waals surface area contributed by atoms with Gasteiger partial charge in [-0.2, -0.15) is 0 Å². The second-order valence-corrected chi connectivity index (χ2v) is 5.20. The Hall–Kier alpha value is -1.39. The smallest absolute Gasteiger partial charge is 0.312 e. The summed E-state index contributed by atoms with van der Waals surface area (Å²) < 4.78 is 15.4. The molecule has 0 amide bonds. The SMILES string of the molecule is COCOC[C@@]1(c2ccccc2)CC1(C)C(=O)OC. The van der Waals surface area contributed by atoms with Gasteiger partial charge < -0.3 is 14.2 Å². The van der Waals surface area contributed by atoms with Crippen molar-refractivity contribution in [1.29, 1.82) is 0 Å². The molecule has 1 aromatic rings. The number of hydrogen-bond acceptors (Lipinski definition) is 4. The van der Waals surface area contributed by atoms with Crippen LogP contribution in [0.2, 0.25) is 0 Å². The van der Waals surface area contributed by atoms with Crippen molar-refractivity contribution in [3.05, 3.63) is 35.9 Å². The normalized spacial score (nSPS) is 29.0. The summed E-state index contributed by atoms with van der Waals surface area (Å²) in [5.41, 5.74) is 0.287. The molecular weight excluding hydrogens is 244 g/mol. The van der Waals surface area contributed by atoms with Crippen molar-refractivity contribution in [3.8, 4) is 0 Å². The van der Waals surface area contributed by atoms with E-state index in [0.717, 1.165) is 12.0 Å². The van der Waals surface area contributed by atoms with Crippen molar-refractivity contribution in [2.24, 2.45) is 5.41 Å².